The molecule has 0 aliphatic rings. The molecule has 0 spiro atoms. The number of ether oxygens (including phenoxy) is 2. The highest BCUT2D eigenvalue weighted by molar-refractivity contribution is 5.95. The predicted octanol–water partition coefficient (Wildman–Crippen LogP) is 5.19. The lowest BCUT2D eigenvalue weighted by atomic mass is 10.1. The van der Waals surface area contributed by atoms with Crippen LogP contribution in [0.5, 0.6) is 11.5 Å². The lowest BCUT2D eigenvalue weighted by Crippen LogP contribution is -2.17. The Labute approximate surface area is 180 Å². The average molecular weight is 410 g/mol. The molecular weight excluding hydrogens is 388 g/mol. The van der Waals surface area contributed by atoms with E-state index in [2.05, 4.69) is 34.8 Å². The maximum atomic E-state index is 12.3. The highest BCUT2D eigenvalue weighted by Crippen LogP contribution is 2.22. The zero-order valence-corrected chi connectivity index (χ0v) is 17.1. The van der Waals surface area contributed by atoms with E-state index in [4.69, 9.17) is 9.47 Å². The van der Waals surface area contributed by atoms with Gasteiger partial charge in [-0.05, 0) is 52.7 Å². The molecule has 5 heteroatoms. The van der Waals surface area contributed by atoms with E-state index in [1.54, 1.807) is 37.6 Å². The highest BCUT2D eigenvalue weighted by atomic mass is 16.5. The van der Waals surface area contributed by atoms with Gasteiger partial charge in [0.15, 0.2) is 0 Å². The molecule has 0 saturated carbocycles. The van der Waals surface area contributed by atoms with Crippen LogP contribution in [0, 0.1) is 0 Å². The third-order valence-electron chi connectivity index (χ3n) is 4.90. The van der Waals surface area contributed by atoms with Crippen molar-refractivity contribution in [3.8, 4) is 11.5 Å². The Morgan fingerprint density at radius 2 is 1.65 bits per heavy atom. The van der Waals surface area contributed by atoms with Crippen LogP contribution in [0.3, 0.4) is 0 Å². The smallest absolute Gasteiger partial charge is 0.271 e. The van der Waals surface area contributed by atoms with Crippen molar-refractivity contribution in [1.29, 1.82) is 0 Å². The van der Waals surface area contributed by atoms with E-state index in [0.29, 0.717) is 23.7 Å². The van der Waals surface area contributed by atoms with Gasteiger partial charge in [-0.2, -0.15) is 5.10 Å². The predicted molar refractivity (Wildman–Crippen MR) is 123 cm³/mol. The van der Waals surface area contributed by atoms with Gasteiger partial charge >= 0.3 is 0 Å². The Morgan fingerprint density at radius 1 is 0.903 bits per heavy atom. The molecule has 0 saturated heterocycles. The molecular formula is C26H22N2O3. The van der Waals surface area contributed by atoms with Crippen LogP contribution in [0.4, 0.5) is 0 Å². The van der Waals surface area contributed by atoms with E-state index in [1.165, 1.54) is 10.8 Å². The Balaban J connectivity index is 1.43. The first-order valence-corrected chi connectivity index (χ1v) is 9.90. The van der Waals surface area contributed by atoms with Crippen LogP contribution in [-0.2, 0) is 6.61 Å². The van der Waals surface area contributed by atoms with Gasteiger partial charge in [0, 0.05) is 11.1 Å². The summed E-state index contributed by atoms with van der Waals surface area (Å²) in [6, 6.07) is 28.8. The van der Waals surface area contributed by atoms with Crippen LogP contribution >= 0.6 is 0 Å². The molecule has 1 amide bonds. The Hall–Kier alpha value is -4.12. The standard InChI is InChI=1S/C26H22N2O3/c1-30-23-15-13-20(14-16-23)26(29)28-27-17-21-8-3-5-12-25(21)31-18-22-10-6-9-19-7-2-4-11-24(19)22/h2-17H,18H2,1H3,(H,28,29)/b27-17-. The summed E-state index contributed by atoms with van der Waals surface area (Å²) in [4.78, 5) is 12.3. The zero-order valence-electron chi connectivity index (χ0n) is 17.1. The van der Waals surface area contributed by atoms with Crippen molar-refractivity contribution in [3.05, 3.63) is 108 Å². The Morgan fingerprint density at radius 3 is 2.48 bits per heavy atom. The fraction of sp³-hybridized carbons (Fsp3) is 0.0769. The number of rotatable bonds is 7. The molecule has 4 aromatic rings. The number of fused-ring (bicyclic) bond motifs is 1. The highest BCUT2D eigenvalue weighted by Gasteiger charge is 2.06. The van der Waals surface area contributed by atoms with Crippen molar-refractivity contribution in [1.82, 2.24) is 5.43 Å². The quantitative estimate of drug-likeness (QED) is 0.337. The van der Waals surface area contributed by atoms with Crippen molar-refractivity contribution in [2.75, 3.05) is 7.11 Å². The fourth-order valence-corrected chi connectivity index (χ4v) is 3.26. The van der Waals surface area contributed by atoms with Gasteiger partial charge in [-0.3, -0.25) is 4.79 Å². The number of hydrogen-bond donors (Lipinski definition) is 1. The monoisotopic (exact) mass is 410 g/mol. The summed E-state index contributed by atoms with van der Waals surface area (Å²) >= 11 is 0. The van der Waals surface area contributed by atoms with Crippen molar-refractivity contribution < 1.29 is 14.3 Å². The second-order valence-corrected chi connectivity index (χ2v) is 6.89. The molecule has 0 aliphatic heterocycles. The summed E-state index contributed by atoms with van der Waals surface area (Å²) in [6.45, 7) is 0.435. The van der Waals surface area contributed by atoms with Crippen molar-refractivity contribution >= 4 is 22.9 Å². The van der Waals surface area contributed by atoms with Gasteiger partial charge in [0.25, 0.3) is 5.91 Å². The number of carbonyl (C=O) groups excluding carboxylic acids is 1. The summed E-state index contributed by atoms with van der Waals surface area (Å²) in [6.07, 6.45) is 1.58. The molecule has 0 aliphatic carbocycles. The minimum absolute atomic E-state index is 0.298. The SMILES string of the molecule is COc1ccc(C(=O)N/N=C\c2ccccc2OCc2cccc3ccccc23)cc1. The molecule has 5 nitrogen and oxygen atoms in total. The van der Waals surface area contributed by atoms with Crippen LogP contribution in [0.2, 0.25) is 0 Å². The molecule has 4 rings (SSSR count). The number of nitrogens with zero attached hydrogens (tertiary/aromatic N) is 1. The lowest BCUT2D eigenvalue weighted by Gasteiger charge is -2.11. The molecule has 0 fully saturated rings. The maximum absolute atomic E-state index is 12.3. The van der Waals surface area contributed by atoms with E-state index in [1.807, 2.05) is 42.5 Å². The van der Waals surface area contributed by atoms with Gasteiger partial charge in [0.2, 0.25) is 0 Å². The van der Waals surface area contributed by atoms with E-state index in [9.17, 15) is 4.79 Å². The molecule has 0 aromatic heterocycles. The minimum atomic E-state index is -0.298. The van der Waals surface area contributed by atoms with E-state index < -0.39 is 0 Å². The number of nitrogens with one attached hydrogen (secondary N) is 1. The topological polar surface area (TPSA) is 59.9 Å². The molecule has 0 heterocycles. The third kappa shape index (κ3) is 4.90. The number of para-hydroxylation sites is 1. The van der Waals surface area contributed by atoms with Gasteiger partial charge in [-0.15, -0.1) is 0 Å². The van der Waals surface area contributed by atoms with Gasteiger partial charge in [0.05, 0.1) is 13.3 Å². The Bertz CT molecular complexity index is 1210. The van der Waals surface area contributed by atoms with E-state index >= 15 is 0 Å². The first-order chi connectivity index (χ1) is 15.2. The van der Waals surface area contributed by atoms with E-state index in [-0.39, 0.29) is 5.91 Å². The molecule has 0 unspecified atom stereocenters. The van der Waals surface area contributed by atoms with Gasteiger partial charge in [-0.25, -0.2) is 5.43 Å². The third-order valence-corrected chi connectivity index (χ3v) is 4.90. The maximum Gasteiger partial charge on any atom is 0.271 e. The first-order valence-electron chi connectivity index (χ1n) is 9.90. The molecule has 1 N–H and O–H groups in total. The number of amides is 1. The number of hydrogen-bond acceptors (Lipinski definition) is 4. The number of benzene rings is 4. The van der Waals surface area contributed by atoms with Gasteiger partial charge in [0.1, 0.15) is 18.1 Å². The second-order valence-electron chi connectivity index (χ2n) is 6.89. The molecule has 4 aromatic carbocycles. The van der Waals surface area contributed by atoms with Crippen LogP contribution < -0.4 is 14.9 Å². The van der Waals surface area contributed by atoms with Crippen molar-refractivity contribution in [3.63, 3.8) is 0 Å². The van der Waals surface area contributed by atoms with Crippen LogP contribution in [0.1, 0.15) is 21.5 Å². The van der Waals surface area contributed by atoms with Gasteiger partial charge in [-0.1, -0.05) is 54.6 Å². The van der Waals surface area contributed by atoms with Gasteiger partial charge < -0.3 is 9.47 Å². The van der Waals surface area contributed by atoms with Crippen molar-refractivity contribution in [2.45, 2.75) is 6.61 Å². The number of carbonyl (C=O) groups is 1. The number of hydrazone groups is 1. The Kier molecular flexibility index (Phi) is 6.24. The molecule has 0 radical (unpaired) electrons. The first kappa shape index (κ1) is 20.2. The zero-order chi connectivity index (χ0) is 21.5. The van der Waals surface area contributed by atoms with E-state index in [0.717, 1.165) is 11.1 Å². The molecule has 0 bridgehead atoms. The summed E-state index contributed by atoms with van der Waals surface area (Å²) in [7, 11) is 1.58. The fourth-order valence-electron chi connectivity index (χ4n) is 3.26. The van der Waals surface area contributed by atoms with Crippen LogP contribution in [0.15, 0.2) is 96.1 Å². The summed E-state index contributed by atoms with van der Waals surface area (Å²) in [5.41, 5.74) is 4.93. The summed E-state index contributed by atoms with van der Waals surface area (Å²) in [5.74, 6) is 1.09. The summed E-state index contributed by atoms with van der Waals surface area (Å²) < 4.78 is 11.2. The van der Waals surface area contributed by atoms with Crippen LogP contribution in [0.25, 0.3) is 10.8 Å². The summed E-state index contributed by atoms with van der Waals surface area (Å²) in [5, 5.41) is 6.44. The lowest BCUT2D eigenvalue weighted by molar-refractivity contribution is 0.0955. The van der Waals surface area contributed by atoms with Crippen molar-refractivity contribution in [2.24, 2.45) is 5.10 Å². The minimum Gasteiger partial charge on any atom is -0.497 e. The molecule has 31 heavy (non-hydrogen) atoms. The average Bonchev–Trinajstić information content (AvgIpc) is 2.83. The van der Waals surface area contributed by atoms with Crippen LogP contribution in [-0.4, -0.2) is 19.2 Å². The second kappa shape index (κ2) is 9.59. The number of methoxy groups -OCH3 is 1. The molecule has 0 atom stereocenters. The normalized spacial score (nSPS) is 10.9. The molecule has 154 valence electrons. The largest absolute Gasteiger partial charge is 0.497 e.